The lowest BCUT2D eigenvalue weighted by molar-refractivity contribution is -0.0969. The zero-order chi connectivity index (χ0) is 7.19. The van der Waals surface area contributed by atoms with Crippen LogP contribution in [0.4, 0.5) is 0 Å². The number of methoxy groups -OCH3 is 1. The second-order valence-electron chi connectivity index (χ2n) is 3.83. The molecule has 0 amide bonds. The summed E-state index contributed by atoms with van der Waals surface area (Å²) >= 11 is 4.40. The van der Waals surface area contributed by atoms with Gasteiger partial charge in [-0.15, -0.1) is 0 Å². The van der Waals surface area contributed by atoms with Crippen LogP contribution in [0.1, 0.15) is 25.7 Å². The Morgan fingerprint density at radius 3 is 2.30 bits per heavy atom. The molecule has 2 aliphatic carbocycles. The van der Waals surface area contributed by atoms with Crippen molar-refractivity contribution in [2.45, 2.75) is 37.0 Å². The van der Waals surface area contributed by atoms with E-state index < -0.39 is 0 Å². The fourth-order valence-corrected chi connectivity index (χ4v) is 3.12. The Morgan fingerprint density at radius 2 is 1.90 bits per heavy atom. The normalized spacial score (nSPS) is 52.2. The first kappa shape index (κ1) is 6.99. The molecule has 0 bridgehead atoms. The molecule has 2 fully saturated rings. The van der Waals surface area contributed by atoms with Crippen LogP contribution in [0.15, 0.2) is 0 Å². The summed E-state index contributed by atoms with van der Waals surface area (Å²) < 4.78 is 5.23. The quantitative estimate of drug-likeness (QED) is 0.573. The number of ether oxygens (including phenoxy) is 1. The first-order chi connectivity index (χ1) is 4.74. The van der Waals surface area contributed by atoms with E-state index in [-0.39, 0.29) is 0 Å². The van der Waals surface area contributed by atoms with Gasteiger partial charge in [-0.05, 0) is 31.1 Å². The van der Waals surface area contributed by atoms with Crippen LogP contribution in [0.3, 0.4) is 0 Å². The molecule has 2 heteroatoms. The van der Waals surface area contributed by atoms with Crippen molar-refractivity contribution in [1.82, 2.24) is 0 Å². The van der Waals surface area contributed by atoms with Gasteiger partial charge in [-0.3, -0.25) is 0 Å². The van der Waals surface area contributed by atoms with Gasteiger partial charge in [0.05, 0.1) is 6.10 Å². The highest BCUT2D eigenvalue weighted by molar-refractivity contribution is 7.81. The molecule has 0 atom stereocenters. The third-order valence-corrected chi connectivity index (χ3v) is 3.36. The molecule has 2 aliphatic rings. The Morgan fingerprint density at radius 1 is 1.30 bits per heavy atom. The van der Waals surface area contributed by atoms with Gasteiger partial charge in [0.1, 0.15) is 0 Å². The van der Waals surface area contributed by atoms with E-state index in [0.29, 0.717) is 16.8 Å². The fourth-order valence-electron chi connectivity index (χ4n) is 2.35. The smallest absolute Gasteiger partial charge is 0.0582 e. The molecule has 1 nitrogen and oxygen atoms in total. The molecule has 0 N–H and O–H groups in total. The average molecular weight is 158 g/mol. The van der Waals surface area contributed by atoms with Gasteiger partial charge in [-0.1, -0.05) is 0 Å². The lowest BCUT2D eigenvalue weighted by Gasteiger charge is -2.56. The molecule has 0 heterocycles. The lowest BCUT2D eigenvalue weighted by atomic mass is 9.54. The number of hydrogen-bond acceptors (Lipinski definition) is 2. The largest absolute Gasteiger partial charge is 0.381 e. The maximum atomic E-state index is 5.23. The molecule has 0 unspecified atom stereocenters. The highest BCUT2D eigenvalue weighted by atomic mass is 32.1. The van der Waals surface area contributed by atoms with Crippen LogP contribution < -0.4 is 0 Å². The molecule has 0 aromatic carbocycles. The van der Waals surface area contributed by atoms with E-state index in [1.807, 2.05) is 7.11 Å². The van der Waals surface area contributed by atoms with Gasteiger partial charge in [-0.25, -0.2) is 0 Å². The molecular formula is C8H14OS. The second-order valence-corrected chi connectivity index (χ2v) is 4.56. The highest BCUT2D eigenvalue weighted by Gasteiger charge is 2.51. The Labute approximate surface area is 67.6 Å². The van der Waals surface area contributed by atoms with Crippen LogP contribution >= 0.6 is 12.6 Å². The summed E-state index contributed by atoms with van der Waals surface area (Å²) in [6.07, 6.45) is 5.81. The van der Waals surface area contributed by atoms with Crippen molar-refractivity contribution < 1.29 is 4.74 Å². The zero-order valence-electron chi connectivity index (χ0n) is 6.34. The maximum Gasteiger partial charge on any atom is 0.0582 e. The third-order valence-electron chi connectivity index (χ3n) is 2.99. The van der Waals surface area contributed by atoms with Crippen LogP contribution in [0.25, 0.3) is 0 Å². The van der Waals surface area contributed by atoms with Gasteiger partial charge in [0.2, 0.25) is 0 Å². The predicted octanol–water partition coefficient (Wildman–Crippen LogP) is 1.87. The molecule has 2 saturated carbocycles. The minimum Gasteiger partial charge on any atom is -0.381 e. The summed E-state index contributed by atoms with van der Waals surface area (Å²) in [4.78, 5) is 0. The molecule has 0 aliphatic heterocycles. The molecule has 2 rings (SSSR count). The van der Waals surface area contributed by atoms with Gasteiger partial charge in [-0.2, -0.15) is 12.6 Å². The van der Waals surface area contributed by atoms with E-state index in [4.69, 9.17) is 4.74 Å². The first-order valence-electron chi connectivity index (χ1n) is 3.95. The van der Waals surface area contributed by atoms with Crippen molar-refractivity contribution in [2.24, 2.45) is 5.41 Å². The van der Waals surface area contributed by atoms with Gasteiger partial charge >= 0.3 is 0 Å². The van der Waals surface area contributed by atoms with Crippen molar-refractivity contribution >= 4 is 12.6 Å². The second kappa shape index (κ2) is 2.15. The number of hydrogen-bond donors (Lipinski definition) is 1. The first-order valence-corrected chi connectivity index (χ1v) is 4.47. The summed E-state index contributed by atoms with van der Waals surface area (Å²) in [6.45, 7) is 0. The van der Waals surface area contributed by atoms with Crippen LogP contribution in [-0.2, 0) is 4.74 Å². The van der Waals surface area contributed by atoms with Crippen LogP contribution in [0, 0.1) is 5.41 Å². The predicted molar refractivity (Wildman–Crippen MR) is 44.5 cm³/mol. The van der Waals surface area contributed by atoms with Crippen molar-refractivity contribution in [1.29, 1.82) is 0 Å². The van der Waals surface area contributed by atoms with E-state index in [1.54, 1.807) is 0 Å². The van der Waals surface area contributed by atoms with E-state index in [2.05, 4.69) is 12.6 Å². The fraction of sp³-hybridized carbons (Fsp3) is 1.00. The topological polar surface area (TPSA) is 9.23 Å². The Bertz CT molecular complexity index is 132. The van der Waals surface area contributed by atoms with Crippen molar-refractivity contribution in [3.63, 3.8) is 0 Å². The summed E-state index contributed by atoms with van der Waals surface area (Å²) in [7, 11) is 1.81. The van der Waals surface area contributed by atoms with Gasteiger partial charge in [0.15, 0.2) is 0 Å². The van der Waals surface area contributed by atoms with Gasteiger partial charge in [0, 0.05) is 12.4 Å². The molecule has 0 aromatic rings. The number of rotatable bonds is 1. The van der Waals surface area contributed by atoms with Gasteiger partial charge < -0.3 is 4.74 Å². The van der Waals surface area contributed by atoms with Gasteiger partial charge in [0.25, 0.3) is 0 Å². The Kier molecular flexibility index (Phi) is 1.50. The van der Waals surface area contributed by atoms with E-state index in [9.17, 15) is 0 Å². The molecule has 1 spiro atoms. The van der Waals surface area contributed by atoms with Crippen LogP contribution in [-0.4, -0.2) is 18.5 Å². The third kappa shape index (κ3) is 0.892. The zero-order valence-corrected chi connectivity index (χ0v) is 7.23. The average Bonchev–Trinajstić information content (AvgIpc) is 1.74. The maximum absolute atomic E-state index is 5.23. The molecule has 0 radical (unpaired) electrons. The number of thiol groups is 1. The Hall–Kier alpha value is 0.310. The summed E-state index contributed by atoms with van der Waals surface area (Å²) in [6, 6.07) is 0. The molecule has 0 aromatic heterocycles. The van der Waals surface area contributed by atoms with Crippen LogP contribution in [0.2, 0.25) is 0 Å². The van der Waals surface area contributed by atoms with Crippen LogP contribution in [0.5, 0.6) is 0 Å². The Balaban J connectivity index is 1.80. The summed E-state index contributed by atoms with van der Waals surface area (Å²) in [5.74, 6) is 0. The van der Waals surface area contributed by atoms with E-state index >= 15 is 0 Å². The standard InChI is InChI=1S/C8H14OS/c1-9-6-2-8(3-6)4-7(10)5-8/h6-7,10H,2-5H2,1H3. The minimum atomic E-state index is 0.570. The van der Waals surface area contributed by atoms with Crippen molar-refractivity contribution in [3.8, 4) is 0 Å². The molecular weight excluding hydrogens is 144 g/mol. The lowest BCUT2D eigenvalue weighted by Crippen LogP contribution is -2.51. The molecule has 0 saturated heterocycles. The summed E-state index contributed by atoms with van der Waals surface area (Å²) in [5.41, 5.74) is 0.688. The van der Waals surface area contributed by atoms with E-state index in [1.165, 1.54) is 25.7 Å². The summed E-state index contributed by atoms with van der Waals surface area (Å²) in [5, 5.41) is 0.692. The SMILES string of the molecule is COC1CC2(CC(S)C2)C1. The van der Waals surface area contributed by atoms with Crippen molar-refractivity contribution in [2.75, 3.05) is 7.11 Å². The molecule has 58 valence electrons. The minimum absolute atomic E-state index is 0.570. The van der Waals surface area contributed by atoms with Crippen molar-refractivity contribution in [3.05, 3.63) is 0 Å². The monoisotopic (exact) mass is 158 g/mol. The highest BCUT2D eigenvalue weighted by Crippen LogP contribution is 2.58. The van der Waals surface area contributed by atoms with E-state index in [0.717, 1.165) is 0 Å². The molecule has 10 heavy (non-hydrogen) atoms.